The molecule has 3 aliphatic rings. The van der Waals surface area contributed by atoms with Crippen LogP contribution in [0.2, 0.25) is 0 Å². The second kappa shape index (κ2) is 12.1. The van der Waals surface area contributed by atoms with Crippen LogP contribution in [0.15, 0.2) is 60.7 Å². The Morgan fingerprint density at radius 1 is 1.13 bits per heavy atom. The van der Waals surface area contributed by atoms with Gasteiger partial charge in [-0.15, -0.1) is 0 Å². The molecule has 5 heterocycles. The quantitative estimate of drug-likeness (QED) is 0.239. The molecule has 0 aliphatic carbocycles. The summed E-state index contributed by atoms with van der Waals surface area (Å²) in [5.74, 6) is -0.380. The molecule has 6 bridgehead atoms. The average Bonchev–Trinajstić information content (AvgIpc) is 3.41. The molecule has 46 heavy (non-hydrogen) atoms. The molecule has 0 radical (unpaired) electrons. The second-order valence-corrected chi connectivity index (χ2v) is 13.4. The normalized spacial score (nSPS) is 21.6. The Morgan fingerprint density at radius 3 is 2.59 bits per heavy atom. The Kier molecular flexibility index (Phi) is 8.37. The molecule has 0 amide bonds. The average molecular weight is 629 g/mol. The summed E-state index contributed by atoms with van der Waals surface area (Å²) in [4.78, 5) is 19.8. The maximum atomic E-state index is 14.4. The van der Waals surface area contributed by atoms with Gasteiger partial charge in [-0.05, 0) is 84.2 Å². The lowest BCUT2D eigenvalue weighted by Gasteiger charge is -2.41. The van der Waals surface area contributed by atoms with Crippen molar-refractivity contribution in [2.75, 3.05) is 24.6 Å². The number of aromatic nitrogens is 3. The van der Waals surface area contributed by atoms with E-state index in [4.69, 9.17) is 24.3 Å². The number of rotatable bonds is 3. The summed E-state index contributed by atoms with van der Waals surface area (Å²) in [5, 5.41) is 15.5. The second-order valence-electron chi connectivity index (χ2n) is 13.4. The first kappa shape index (κ1) is 31.7. The van der Waals surface area contributed by atoms with Crippen LogP contribution in [0.4, 0.5) is 10.2 Å². The van der Waals surface area contributed by atoms with Crippen molar-refractivity contribution in [1.82, 2.24) is 14.6 Å². The number of benzene rings is 2. The van der Waals surface area contributed by atoms with Crippen molar-refractivity contribution in [3.8, 4) is 28.1 Å². The van der Waals surface area contributed by atoms with Crippen molar-refractivity contribution in [2.45, 2.75) is 77.8 Å². The third-order valence-corrected chi connectivity index (χ3v) is 8.54. The molecule has 10 heteroatoms. The summed E-state index contributed by atoms with van der Waals surface area (Å²) in [6.07, 6.45) is 3.73. The SMILES string of the molecule is Cc1nc2cc3nn2c(c1[C@H](OC(C)(C)C)C(=O)O)N1CCC(C)(CC1)OC/C=C\[C@H](C)Oc1cc(F)ccc1-c1cccc-3c1. The van der Waals surface area contributed by atoms with Gasteiger partial charge in [0.2, 0.25) is 0 Å². The fourth-order valence-corrected chi connectivity index (χ4v) is 6.20. The van der Waals surface area contributed by atoms with Crippen LogP contribution in [0.1, 0.15) is 64.8 Å². The van der Waals surface area contributed by atoms with Gasteiger partial charge in [0, 0.05) is 42.0 Å². The first-order chi connectivity index (χ1) is 21.8. The van der Waals surface area contributed by atoms with Crippen LogP contribution in [-0.2, 0) is 14.3 Å². The standard InChI is InChI=1S/C36H41FN4O5/c1-22-9-8-18-44-36(6)14-16-40(17-15-36)33-31(32(34(42)43)46-35(3,4)5)23(2)38-30-21-28(39-41(30)33)25-11-7-10-24(19-25)27-13-12-26(37)20-29(27)45-22/h7-13,19-22,32H,14-18H2,1-6H3,(H,42,43)/b9-8-/t22-,32-/m0/s1. The molecule has 9 nitrogen and oxygen atoms in total. The number of carbonyl (C=O) groups is 1. The summed E-state index contributed by atoms with van der Waals surface area (Å²) in [5.41, 5.74) is 3.63. The lowest BCUT2D eigenvalue weighted by Crippen LogP contribution is -2.45. The monoisotopic (exact) mass is 628 g/mol. The number of nitrogens with zero attached hydrogens (tertiary/aromatic N) is 4. The van der Waals surface area contributed by atoms with Gasteiger partial charge in [-0.2, -0.15) is 9.61 Å². The highest BCUT2D eigenvalue weighted by Crippen LogP contribution is 2.39. The van der Waals surface area contributed by atoms with Gasteiger partial charge >= 0.3 is 5.97 Å². The van der Waals surface area contributed by atoms with Crippen LogP contribution < -0.4 is 9.64 Å². The van der Waals surface area contributed by atoms with Gasteiger partial charge < -0.3 is 24.2 Å². The maximum absolute atomic E-state index is 14.4. The van der Waals surface area contributed by atoms with Crippen molar-refractivity contribution in [2.24, 2.45) is 0 Å². The zero-order valence-corrected chi connectivity index (χ0v) is 27.2. The van der Waals surface area contributed by atoms with Crippen molar-refractivity contribution in [3.63, 3.8) is 0 Å². The van der Waals surface area contributed by atoms with Gasteiger partial charge in [0.25, 0.3) is 0 Å². The zero-order valence-electron chi connectivity index (χ0n) is 27.2. The number of halogens is 1. The van der Waals surface area contributed by atoms with Crippen LogP contribution in [-0.4, -0.2) is 62.7 Å². The molecule has 242 valence electrons. The molecule has 1 N–H and O–H groups in total. The number of piperidine rings is 1. The minimum absolute atomic E-state index is 0.315. The van der Waals surface area contributed by atoms with Crippen LogP contribution in [0.3, 0.4) is 0 Å². The number of ether oxygens (including phenoxy) is 3. The Balaban J connectivity index is 1.56. The Labute approximate surface area is 268 Å². The highest BCUT2D eigenvalue weighted by atomic mass is 19.1. The third-order valence-electron chi connectivity index (χ3n) is 8.54. The Morgan fingerprint density at radius 2 is 1.87 bits per heavy atom. The van der Waals surface area contributed by atoms with Crippen molar-refractivity contribution in [3.05, 3.63) is 77.8 Å². The molecule has 2 aromatic heterocycles. The molecule has 2 aromatic carbocycles. The van der Waals surface area contributed by atoms with E-state index in [1.807, 2.05) is 77.1 Å². The lowest BCUT2D eigenvalue weighted by molar-refractivity contribution is -0.160. The molecule has 0 unspecified atom stereocenters. The van der Waals surface area contributed by atoms with Gasteiger partial charge in [-0.1, -0.05) is 24.3 Å². The number of aryl methyl sites for hydroxylation is 1. The number of hydrogen-bond donors (Lipinski definition) is 1. The van der Waals surface area contributed by atoms with Crippen molar-refractivity contribution >= 4 is 17.4 Å². The predicted octanol–water partition coefficient (Wildman–Crippen LogP) is 7.16. The summed E-state index contributed by atoms with van der Waals surface area (Å²) in [6, 6.07) is 14.3. The summed E-state index contributed by atoms with van der Waals surface area (Å²) < 4.78 is 34.9. The van der Waals surface area contributed by atoms with Gasteiger partial charge in [0.15, 0.2) is 11.8 Å². The van der Waals surface area contributed by atoms with Gasteiger partial charge in [0.05, 0.1) is 29.1 Å². The molecule has 1 saturated heterocycles. The number of carboxylic acid groups (broad SMARTS) is 1. The van der Waals surface area contributed by atoms with Crippen molar-refractivity contribution in [1.29, 1.82) is 0 Å². The predicted molar refractivity (Wildman–Crippen MR) is 175 cm³/mol. The first-order valence-corrected chi connectivity index (χ1v) is 15.7. The highest BCUT2D eigenvalue weighted by molar-refractivity contribution is 5.80. The molecule has 0 spiro atoms. The van der Waals surface area contributed by atoms with Crippen molar-refractivity contribution < 1.29 is 28.5 Å². The summed E-state index contributed by atoms with van der Waals surface area (Å²) >= 11 is 0. The van der Waals surface area contributed by atoms with E-state index in [9.17, 15) is 14.3 Å². The Hall–Kier alpha value is -4.28. The number of fused-ring (bicyclic) bond motifs is 6. The fraction of sp³-hybridized carbons (Fsp3) is 0.417. The van der Waals surface area contributed by atoms with E-state index in [0.717, 1.165) is 29.5 Å². The Bertz CT molecular complexity index is 1800. The summed E-state index contributed by atoms with van der Waals surface area (Å²) in [7, 11) is 0. The fourth-order valence-electron chi connectivity index (χ4n) is 6.20. The first-order valence-electron chi connectivity index (χ1n) is 15.7. The molecular weight excluding hydrogens is 587 g/mol. The van der Waals surface area contributed by atoms with E-state index < -0.39 is 17.7 Å². The van der Waals surface area contributed by atoms with Gasteiger partial charge in [0.1, 0.15) is 23.5 Å². The molecule has 4 aromatic rings. The number of aliphatic carboxylic acids is 1. The minimum Gasteiger partial charge on any atom is -0.486 e. The van der Waals surface area contributed by atoms with E-state index in [0.29, 0.717) is 53.9 Å². The van der Waals surface area contributed by atoms with E-state index in [1.54, 1.807) is 10.6 Å². The van der Waals surface area contributed by atoms with Crippen LogP contribution in [0.25, 0.3) is 28.0 Å². The summed E-state index contributed by atoms with van der Waals surface area (Å²) in [6.45, 7) is 13.0. The molecule has 7 rings (SSSR count). The molecule has 1 fully saturated rings. The molecule has 0 saturated carbocycles. The molecule has 3 aliphatic heterocycles. The van der Waals surface area contributed by atoms with Gasteiger partial charge in [-0.3, -0.25) is 0 Å². The van der Waals surface area contributed by atoms with Crippen LogP contribution in [0, 0.1) is 12.7 Å². The van der Waals surface area contributed by atoms with Crippen LogP contribution in [0.5, 0.6) is 5.75 Å². The van der Waals surface area contributed by atoms with E-state index in [2.05, 4.69) is 11.8 Å². The lowest BCUT2D eigenvalue weighted by atomic mass is 9.92. The number of anilines is 1. The third kappa shape index (κ3) is 6.50. The van der Waals surface area contributed by atoms with E-state index >= 15 is 0 Å². The number of carboxylic acids is 1. The maximum Gasteiger partial charge on any atom is 0.337 e. The van der Waals surface area contributed by atoms with Crippen LogP contribution >= 0.6 is 0 Å². The van der Waals surface area contributed by atoms with E-state index in [-0.39, 0.29) is 17.5 Å². The highest BCUT2D eigenvalue weighted by Gasteiger charge is 2.37. The molecule has 2 atom stereocenters. The topological polar surface area (TPSA) is 98.4 Å². The van der Waals surface area contributed by atoms with E-state index in [1.165, 1.54) is 12.1 Å². The molecular formula is C36H41FN4O5. The van der Waals surface area contributed by atoms with Gasteiger partial charge in [-0.25, -0.2) is 14.2 Å². The largest absolute Gasteiger partial charge is 0.486 e. The smallest absolute Gasteiger partial charge is 0.337 e. The minimum atomic E-state index is -1.25. The zero-order chi connectivity index (χ0) is 32.8. The number of hydrogen-bond acceptors (Lipinski definition) is 7.